The summed E-state index contributed by atoms with van der Waals surface area (Å²) in [5, 5.41) is 10.1. The molecule has 0 aliphatic carbocycles. The third-order valence-corrected chi connectivity index (χ3v) is 2.44. The highest BCUT2D eigenvalue weighted by atomic mass is 19.4. The smallest absolute Gasteiger partial charge is 0.404 e. The fourth-order valence-electron chi connectivity index (χ4n) is 1.57. The maximum absolute atomic E-state index is 12.0. The van der Waals surface area contributed by atoms with Crippen LogP contribution in [0, 0.1) is 6.92 Å². The summed E-state index contributed by atoms with van der Waals surface area (Å²) in [5.74, 6) is -0.651. The minimum atomic E-state index is -4.77. The maximum Gasteiger partial charge on any atom is 0.573 e. The molecule has 0 spiro atoms. The molecule has 22 heavy (non-hydrogen) atoms. The van der Waals surface area contributed by atoms with E-state index in [1.807, 2.05) is 0 Å². The average Bonchev–Trinajstić information content (AvgIpc) is 2.39. The van der Waals surface area contributed by atoms with E-state index < -0.39 is 18.0 Å². The number of amides is 1. The SMILES string of the molecule is Cc1cc(Nc2ccc(OC(F)(F)F)cn2)nnc1C(N)=O. The summed E-state index contributed by atoms with van der Waals surface area (Å²) in [6.07, 6.45) is -3.86. The third-order valence-electron chi connectivity index (χ3n) is 2.44. The highest BCUT2D eigenvalue weighted by Crippen LogP contribution is 2.23. The lowest BCUT2D eigenvalue weighted by molar-refractivity contribution is -0.274. The van der Waals surface area contributed by atoms with Crippen LogP contribution in [0.1, 0.15) is 16.1 Å². The predicted molar refractivity (Wildman–Crippen MR) is 69.5 cm³/mol. The first kappa shape index (κ1) is 15.5. The molecule has 116 valence electrons. The number of nitrogens with two attached hydrogens (primary N) is 1. The van der Waals surface area contributed by atoms with Crippen LogP contribution in [-0.4, -0.2) is 27.5 Å². The Morgan fingerprint density at radius 2 is 2.00 bits per heavy atom. The topological polar surface area (TPSA) is 103 Å². The van der Waals surface area contributed by atoms with Crippen molar-refractivity contribution in [2.75, 3.05) is 5.32 Å². The number of carbonyl (C=O) groups is 1. The summed E-state index contributed by atoms with van der Waals surface area (Å²) in [5.41, 5.74) is 5.64. The van der Waals surface area contributed by atoms with Crippen molar-refractivity contribution in [1.29, 1.82) is 0 Å². The van der Waals surface area contributed by atoms with Crippen LogP contribution in [0.25, 0.3) is 0 Å². The standard InChI is InChI=1S/C12H10F3N5O2/c1-6-4-9(19-20-10(6)11(16)21)18-8-3-2-7(5-17-8)22-12(13,14)15/h2-5H,1H3,(H2,16,21)(H,17,18,19). The first-order valence-electron chi connectivity index (χ1n) is 5.87. The van der Waals surface area contributed by atoms with Gasteiger partial charge in [0.05, 0.1) is 6.20 Å². The number of ether oxygens (including phenoxy) is 1. The molecule has 3 N–H and O–H groups in total. The zero-order valence-electron chi connectivity index (χ0n) is 11.2. The predicted octanol–water partition coefficient (Wildman–Crippen LogP) is 1.92. The molecule has 0 unspecified atom stereocenters. The molecule has 2 heterocycles. The molecule has 10 heteroatoms. The van der Waals surface area contributed by atoms with Crippen molar-refractivity contribution in [3.8, 4) is 5.75 Å². The molecule has 0 saturated heterocycles. The molecule has 2 aromatic heterocycles. The van der Waals surface area contributed by atoms with Gasteiger partial charge in [0.2, 0.25) is 0 Å². The quantitative estimate of drug-likeness (QED) is 0.894. The second-order valence-electron chi connectivity index (χ2n) is 4.18. The van der Waals surface area contributed by atoms with Gasteiger partial charge < -0.3 is 15.8 Å². The number of rotatable bonds is 4. The Morgan fingerprint density at radius 3 is 2.50 bits per heavy atom. The molecular weight excluding hydrogens is 303 g/mol. The fourth-order valence-corrected chi connectivity index (χ4v) is 1.57. The van der Waals surface area contributed by atoms with E-state index in [1.165, 1.54) is 12.1 Å². The normalized spacial score (nSPS) is 11.1. The van der Waals surface area contributed by atoms with Gasteiger partial charge in [-0.3, -0.25) is 4.79 Å². The first-order chi connectivity index (χ1) is 10.2. The lowest BCUT2D eigenvalue weighted by Gasteiger charge is -2.09. The number of pyridine rings is 1. The van der Waals surface area contributed by atoms with E-state index in [0.29, 0.717) is 5.56 Å². The van der Waals surface area contributed by atoms with E-state index in [4.69, 9.17) is 5.73 Å². The molecule has 0 aromatic carbocycles. The molecule has 0 aliphatic rings. The zero-order chi connectivity index (χ0) is 16.3. The number of halogens is 3. The second-order valence-corrected chi connectivity index (χ2v) is 4.18. The Balaban J connectivity index is 2.11. The van der Waals surface area contributed by atoms with E-state index in [-0.39, 0.29) is 17.3 Å². The van der Waals surface area contributed by atoms with Gasteiger partial charge in [0.15, 0.2) is 11.5 Å². The van der Waals surface area contributed by atoms with Gasteiger partial charge in [-0.25, -0.2) is 4.98 Å². The van der Waals surface area contributed by atoms with Crippen LogP contribution < -0.4 is 15.8 Å². The summed E-state index contributed by atoms with van der Waals surface area (Å²) >= 11 is 0. The highest BCUT2D eigenvalue weighted by molar-refractivity contribution is 5.92. The number of anilines is 2. The van der Waals surface area contributed by atoms with E-state index in [9.17, 15) is 18.0 Å². The second kappa shape index (κ2) is 5.84. The Labute approximate surface area is 122 Å². The summed E-state index contributed by atoms with van der Waals surface area (Å²) in [7, 11) is 0. The van der Waals surface area contributed by atoms with Gasteiger partial charge >= 0.3 is 6.36 Å². The maximum atomic E-state index is 12.0. The van der Waals surface area contributed by atoms with Crippen LogP contribution in [0.5, 0.6) is 5.75 Å². The minimum absolute atomic E-state index is 0.0347. The lowest BCUT2D eigenvalue weighted by atomic mass is 10.2. The number of primary amides is 1. The number of carbonyl (C=O) groups excluding carboxylic acids is 1. The van der Waals surface area contributed by atoms with Crippen molar-refractivity contribution in [3.63, 3.8) is 0 Å². The van der Waals surface area contributed by atoms with Gasteiger partial charge in [-0.1, -0.05) is 0 Å². The van der Waals surface area contributed by atoms with Crippen LogP contribution in [-0.2, 0) is 0 Å². The van der Waals surface area contributed by atoms with Crippen LogP contribution in [0.2, 0.25) is 0 Å². The summed E-state index contributed by atoms with van der Waals surface area (Å²) in [6.45, 7) is 1.62. The summed E-state index contributed by atoms with van der Waals surface area (Å²) < 4.78 is 39.7. The minimum Gasteiger partial charge on any atom is -0.404 e. The average molecular weight is 313 g/mol. The Hall–Kier alpha value is -2.91. The Bertz CT molecular complexity index is 688. The number of alkyl halides is 3. The van der Waals surface area contributed by atoms with Crippen molar-refractivity contribution in [2.24, 2.45) is 5.73 Å². The van der Waals surface area contributed by atoms with E-state index >= 15 is 0 Å². The monoisotopic (exact) mass is 313 g/mol. The zero-order valence-corrected chi connectivity index (χ0v) is 11.2. The van der Waals surface area contributed by atoms with Crippen molar-refractivity contribution in [2.45, 2.75) is 13.3 Å². The molecular formula is C12H10F3N5O2. The summed E-state index contributed by atoms with van der Waals surface area (Å²) in [6, 6.07) is 3.88. The number of aryl methyl sites for hydroxylation is 1. The largest absolute Gasteiger partial charge is 0.573 e. The van der Waals surface area contributed by atoms with Gasteiger partial charge in [-0.05, 0) is 30.7 Å². The summed E-state index contributed by atoms with van der Waals surface area (Å²) in [4.78, 5) is 14.8. The highest BCUT2D eigenvalue weighted by Gasteiger charge is 2.31. The molecule has 2 rings (SSSR count). The molecule has 1 amide bonds. The van der Waals surface area contributed by atoms with Crippen LogP contribution in [0.15, 0.2) is 24.4 Å². The number of hydrogen-bond donors (Lipinski definition) is 2. The number of hydrogen-bond acceptors (Lipinski definition) is 6. The van der Waals surface area contributed by atoms with Crippen molar-refractivity contribution >= 4 is 17.5 Å². The van der Waals surface area contributed by atoms with E-state index in [1.54, 1.807) is 6.92 Å². The number of nitrogens with zero attached hydrogens (tertiary/aromatic N) is 3. The third kappa shape index (κ3) is 4.04. The van der Waals surface area contributed by atoms with Gasteiger partial charge in [0.25, 0.3) is 5.91 Å². The Kier molecular flexibility index (Phi) is 4.11. The molecule has 2 aromatic rings. The first-order valence-corrected chi connectivity index (χ1v) is 5.87. The van der Waals surface area contributed by atoms with Gasteiger partial charge in [0, 0.05) is 0 Å². The van der Waals surface area contributed by atoms with Gasteiger partial charge in [-0.2, -0.15) is 0 Å². The lowest BCUT2D eigenvalue weighted by Crippen LogP contribution is -2.17. The van der Waals surface area contributed by atoms with Crippen molar-refractivity contribution in [1.82, 2.24) is 15.2 Å². The van der Waals surface area contributed by atoms with E-state index in [0.717, 1.165) is 12.3 Å². The van der Waals surface area contributed by atoms with Crippen LogP contribution in [0.3, 0.4) is 0 Å². The fraction of sp³-hybridized carbons (Fsp3) is 0.167. The molecule has 0 fully saturated rings. The van der Waals surface area contributed by atoms with Crippen LogP contribution in [0.4, 0.5) is 24.8 Å². The molecule has 0 bridgehead atoms. The molecule has 7 nitrogen and oxygen atoms in total. The number of aromatic nitrogens is 3. The van der Waals surface area contributed by atoms with E-state index in [2.05, 4.69) is 25.2 Å². The van der Waals surface area contributed by atoms with Crippen molar-refractivity contribution < 1.29 is 22.7 Å². The Morgan fingerprint density at radius 1 is 1.27 bits per heavy atom. The van der Waals surface area contributed by atoms with Crippen molar-refractivity contribution in [3.05, 3.63) is 35.7 Å². The molecule has 0 radical (unpaired) electrons. The number of nitrogens with one attached hydrogen (secondary N) is 1. The molecule has 0 atom stereocenters. The van der Waals surface area contributed by atoms with Gasteiger partial charge in [0.1, 0.15) is 11.6 Å². The van der Waals surface area contributed by atoms with Crippen LogP contribution >= 0.6 is 0 Å². The molecule has 0 saturated carbocycles. The van der Waals surface area contributed by atoms with Gasteiger partial charge in [-0.15, -0.1) is 23.4 Å². The molecule has 0 aliphatic heterocycles.